The molecule has 1 amide bonds. The van der Waals surface area contributed by atoms with Crippen molar-refractivity contribution in [3.63, 3.8) is 0 Å². The second-order valence-corrected chi connectivity index (χ2v) is 5.66. The SMILES string of the molecule is CN(Cc1ccc(Cl)cc1)C(=O)CCc1nc(-c2ncn[nH]2)no1. The van der Waals surface area contributed by atoms with Crippen molar-refractivity contribution in [3.05, 3.63) is 47.1 Å². The van der Waals surface area contributed by atoms with Gasteiger partial charge in [0.15, 0.2) is 5.82 Å². The fourth-order valence-electron chi connectivity index (χ4n) is 2.12. The van der Waals surface area contributed by atoms with Gasteiger partial charge in [0, 0.05) is 31.5 Å². The van der Waals surface area contributed by atoms with Gasteiger partial charge in [-0.05, 0) is 17.7 Å². The van der Waals surface area contributed by atoms with Crippen molar-refractivity contribution in [1.82, 2.24) is 30.2 Å². The number of hydrogen-bond acceptors (Lipinski definition) is 6. The molecule has 2 aromatic heterocycles. The highest BCUT2D eigenvalue weighted by Gasteiger charge is 2.14. The summed E-state index contributed by atoms with van der Waals surface area (Å²) >= 11 is 5.85. The predicted molar refractivity (Wildman–Crippen MR) is 85.9 cm³/mol. The zero-order valence-electron chi connectivity index (χ0n) is 12.9. The van der Waals surface area contributed by atoms with Crippen molar-refractivity contribution < 1.29 is 9.32 Å². The third kappa shape index (κ3) is 3.96. The summed E-state index contributed by atoms with van der Waals surface area (Å²) in [6, 6.07) is 7.40. The molecule has 0 fully saturated rings. The van der Waals surface area contributed by atoms with E-state index in [4.69, 9.17) is 16.1 Å². The summed E-state index contributed by atoms with van der Waals surface area (Å²) in [7, 11) is 1.75. The Kier molecular flexibility index (Phi) is 4.85. The van der Waals surface area contributed by atoms with Crippen molar-refractivity contribution >= 4 is 17.5 Å². The van der Waals surface area contributed by atoms with E-state index in [-0.39, 0.29) is 12.3 Å². The van der Waals surface area contributed by atoms with Crippen molar-refractivity contribution in [3.8, 4) is 11.6 Å². The van der Waals surface area contributed by atoms with Gasteiger partial charge < -0.3 is 9.42 Å². The first kappa shape index (κ1) is 16.1. The van der Waals surface area contributed by atoms with Gasteiger partial charge in [0.2, 0.25) is 17.6 Å². The minimum atomic E-state index is -0.00985. The number of halogens is 1. The minimum absolute atomic E-state index is 0.00985. The van der Waals surface area contributed by atoms with Gasteiger partial charge in [-0.25, -0.2) is 4.98 Å². The Hall–Kier alpha value is -2.74. The number of aryl methyl sites for hydroxylation is 1. The summed E-state index contributed by atoms with van der Waals surface area (Å²) in [5.41, 5.74) is 1.01. The van der Waals surface area contributed by atoms with Crippen molar-refractivity contribution in [2.45, 2.75) is 19.4 Å². The van der Waals surface area contributed by atoms with Crippen molar-refractivity contribution in [2.75, 3.05) is 7.05 Å². The number of nitrogens with zero attached hydrogens (tertiary/aromatic N) is 5. The van der Waals surface area contributed by atoms with Gasteiger partial charge in [-0.1, -0.05) is 28.9 Å². The van der Waals surface area contributed by atoms with E-state index in [2.05, 4.69) is 25.3 Å². The van der Waals surface area contributed by atoms with Crippen LogP contribution in [-0.2, 0) is 17.8 Å². The molecule has 8 nitrogen and oxygen atoms in total. The second-order valence-electron chi connectivity index (χ2n) is 5.22. The number of rotatable bonds is 6. The standard InChI is InChI=1S/C15H15ClN6O2/c1-22(8-10-2-4-11(16)5-3-10)13(23)7-6-12-19-15(21-24-12)14-17-9-18-20-14/h2-5,9H,6-8H2,1H3,(H,17,18,20). The van der Waals surface area contributed by atoms with E-state index in [0.717, 1.165) is 5.56 Å². The van der Waals surface area contributed by atoms with Crippen LogP contribution in [0.5, 0.6) is 0 Å². The Morgan fingerprint density at radius 2 is 2.12 bits per heavy atom. The number of H-pyrrole nitrogens is 1. The Balaban J connectivity index is 1.52. The lowest BCUT2D eigenvalue weighted by atomic mass is 10.2. The monoisotopic (exact) mass is 346 g/mol. The third-order valence-electron chi connectivity index (χ3n) is 3.41. The Labute approximate surface area is 142 Å². The molecule has 0 radical (unpaired) electrons. The molecule has 0 saturated heterocycles. The summed E-state index contributed by atoms with van der Waals surface area (Å²) in [6.45, 7) is 0.517. The molecule has 0 unspecified atom stereocenters. The summed E-state index contributed by atoms with van der Waals surface area (Å²) in [4.78, 5) is 22.0. The van der Waals surface area contributed by atoms with E-state index in [1.54, 1.807) is 24.1 Å². The minimum Gasteiger partial charge on any atom is -0.341 e. The first-order valence-corrected chi connectivity index (χ1v) is 7.66. The molecule has 124 valence electrons. The molecule has 0 aliphatic heterocycles. The molecule has 0 bridgehead atoms. The fourth-order valence-corrected chi connectivity index (χ4v) is 2.25. The van der Waals surface area contributed by atoms with E-state index in [9.17, 15) is 4.79 Å². The van der Waals surface area contributed by atoms with Gasteiger partial charge >= 0.3 is 0 Å². The number of carbonyl (C=O) groups is 1. The molecule has 3 aromatic rings. The van der Waals surface area contributed by atoms with Crippen LogP contribution < -0.4 is 0 Å². The lowest BCUT2D eigenvalue weighted by Gasteiger charge is -2.16. The van der Waals surface area contributed by atoms with Crippen LogP contribution in [0.2, 0.25) is 5.02 Å². The maximum absolute atomic E-state index is 12.2. The van der Waals surface area contributed by atoms with Gasteiger partial charge in [-0.2, -0.15) is 10.1 Å². The lowest BCUT2D eigenvalue weighted by molar-refractivity contribution is -0.130. The quantitative estimate of drug-likeness (QED) is 0.733. The zero-order valence-corrected chi connectivity index (χ0v) is 13.7. The molecule has 0 saturated carbocycles. The van der Waals surface area contributed by atoms with Crippen LogP contribution >= 0.6 is 11.6 Å². The summed E-state index contributed by atoms with van der Waals surface area (Å²) < 4.78 is 5.12. The molecular formula is C15H15ClN6O2. The largest absolute Gasteiger partial charge is 0.341 e. The number of carbonyl (C=O) groups excluding carboxylic acids is 1. The van der Waals surface area contributed by atoms with Gasteiger partial charge in [0.25, 0.3) is 0 Å². The van der Waals surface area contributed by atoms with Crippen LogP contribution in [-0.4, -0.2) is 43.2 Å². The molecule has 9 heteroatoms. The highest BCUT2D eigenvalue weighted by atomic mass is 35.5. The van der Waals surface area contributed by atoms with Crippen molar-refractivity contribution in [1.29, 1.82) is 0 Å². The third-order valence-corrected chi connectivity index (χ3v) is 3.66. The van der Waals surface area contributed by atoms with Crippen LogP contribution in [0.25, 0.3) is 11.6 Å². The van der Waals surface area contributed by atoms with Crippen LogP contribution in [0.15, 0.2) is 35.1 Å². The van der Waals surface area contributed by atoms with Gasteiger partial charge in [0.1, 0.15) is 6.33 Å². The molecule has 1 N–H and O–H groups in total. The molecule has 1 aromatic carbocycles. The average Bonchev–Trinajstić information content (AvgIpc) is 3.25. The second kappa shape index (κ2) is 7.22. The summed E-state index contributed by atoms with van der Waals surface area (Å²) in [5.74, 6) is 1.12. The van der Waals surface area contributed by atoms with Crippen LogP contribution in [0.4, 0.5) is 0 Å². The number of nitrogens with one attached hydrogen (secondary N) is 1. The zero-order chi connectivity index (χ0) is 16.9. The number of amides is 1. The average molecular weight is 347 g/mol. The molecular weight excluding hydrogens is 332 g/mol. The van der Waals surface area contributed by atoms with Crippen LogP contribution in [0.3, 0.4) is 0 Å². The van der Waals surface area contributed by atoms with Gasteiger partial charge in [-0.15, -0.1) is 0 Å². The van der Waals surface area contributed by atoms with Gasteiger partial charge in [-0.3, -0.25) is 9.89 Å². The maximum atomic E-state index is 12.2. The number of hydrogen-bond donors (Lipinski definition) is 1. The molecule has 24 heavy (non-hydrogen) atoms. The van der Waals surface area contributed by atoms with Crippen LogP contribution in [0, 0.1) is 0 Å². The first-order chi connectivity index (χ1) is 11.6. The molecule has 0 aliphatic rings. The molecule has 2 heterocycles. The van der Waals surface area contributed by atoms with E-state index in [1.807, 2.05) is 12.1 Å². The topological polar surface area (TPSA) is 101 Å². The van der Waals surface area contributed by atoms with Gasteiger partial charge in [0.05, 0.1) is 0 Å². The lowest BCUT2D eigenvalue weighted by Crippen LogP contribution is -2.26. The Morgan fingerprint density at radius 3 is 2.83 bits per heavy atom. The summed E-state index contributed by atoms with van der Waals surface area (Å²) in [6.07, 6.45) is 2.01. The smallest absolute Gasteiger partial charge is 0.239 e. The maximum Gasteiger partial charge on any atom is 0.239 e. The number of aromatic nitrogens is 5. The van der Waals surface area contributed by atoms with Crippen LogP contribution in [0.1, 0.15) is 17.9 Å². The summed E-state index contributed by atoms with van der Waals surface area (Å²) in [5, 5.41) is 10.8. The first-order valence-electron chi connectivity index (χ1n) is 7.28. The molecule has 3 rings (SSSR count). The fraction of sp³-hybridized carbons (Fsp3) is 0.267. The van der Waals surface area contributed by atoms with E-state index in [0.29, 0.717) is 35.5 Å². The normalized spacial score (nSPS) is 10.8. The van der Waals surface area contributed by atoms with E-state index in [1.165, 1.54) is 6.33 Å². The number of benzene rings is 1. The molecule has 0 aliphatic carbocycles. The predicted octanol–water partition coefficient (Wildman–Crippen LogP) is 2.10. The molecule has 0 atom stereocenters. The van der Waals surface area contributed by atoms with E-state index < -0.39 is 0 Å². The van der Waals surface area contributed by atoms with E-state index >= 15 is 0 Å². The Bertz CT molecular complexity index is 800. The highest BCUT2D eigenvalue weighted by molar-refractivity contribution is 6.30. The number of aromatic amines is 1. The van der Waals surface area contributed by atoms with Crippen molar-refractivity contribution in [2.24, 2.45) is 0 Å². The highest BCUT2D eigenvalue weighted by Crippen LogP contribution is 2.13. The Morgan fingerprint density at radius 1 is 1.33 bits per heavy atom. The molecule has 0 spiro atoms.